The molecule has 29 heavy (non-hydrogen) atoms. The Labute approximate surface area is 170 Å². The molecule has 2 fully saturated rings. The van der Waals surface area contributed by atoms with Crippen molar-refractivity contribution in [2.45, 2.75) is 50.4 Å². The van der Waals surface area contributed by atoms with E-state index in [0.29, 0.717) is 44.5 Å². The number of hydrogen-bond acceptors (Lipinski definition) is 7. The minimum Gasteiger partial charge on any atom is -0.388 e. The molecule has 0 bridgehead atoms. The molecule has 2 aliphatic rings. The van der Waals surface area contributed by atoms with Crippen LogP contribution in [0.2, 0.25) is 0 Å². The zero-order chi connectivity index (χ0) is 20.5. The molecule has 0 saturated carbocycles. The maximum absolute atomic E-state index is 12.7. The van der Waals surface area contributed by atoms with Gasteiger partial charge in [0.2, 0.25) is 0 Å². The number of pyridine rings is 1. The van der Waals surface area contributed by atoms with Gasteiger partial charge in [-0.3, -0.25) is 14.8 Å². The van der Waals surface area contributed by atoms with Crippen LogP contribution in [0.4, 0.5) is 5.82 Å². The molecule has 2 saturated heterocycles. The zero-order valence-corrected chi connectivity index (χ0v) is 16.8. The minimum atomic E-state index is -0.806. The average molecular weight is 397 g/mol. The monoisotopic (exact) mass is 397 g/mol. The van der Waals surface area contributed by atoms with Gasteiger partial charge in [-0.15, -0.1) is 0 Å². The van der Waals surface area contributed by atoms with Crippen LogP contribution in [-0.4, -0.2) is 62.9 Å². The molecule has 0 aliphatic carbocycles. The summed E-state index contributed by atoms with van der Waals surface area (Å²) in [6, 6.07) is 3.34. The molecule has 0 unspecified atom stereocenters. The van der Waals surface area contributed by atoms with Gasteiger partial charge in [-0.2, -0.15) is 0 Å². The van der Waals surface area contributed by atoms with E-state index < -0.39 is 17.2 Å². The fourth-order valence-electron chi connectivity index (χ4n) is 4.45. The minimum absolute atomic E-state index is 0.210. The summed E-state index contributed by atoms with van der Waals surface area (Å²) in [6.45, 7) is 5.77. The lowest BCUT2D eigenvalue weighted by atomic mass is 9.73. The summed E-state index contributed by atoms with van der Waals surface area (Å²) in [6.07, 6.45) is 7.63. The molecule has 154 valence electrons. The van der Waals surface area contributed by atoms with Crippen molar-refractivity contribution in [1.29, 1.82) is 0 Å². The molecular weight excluding hydrogens is 370 g/mol. The molecule has 0 radical (unpaired) electrons. The van der Waals surface area contributed by atoms with Crippen molar-refractivity contribution in [2.75, 3.05) is 24.6 Å². The smallest absolute Gasteiger partial charge is 0.251 e. The Morgan fingerprint density at radius 2 is 1.86 bits per heavy atom. The van der Waals surface area contributed by atoms with Crippen LogP contribution in [0.1, 0.15) is 42.2 Å². The van der Waals surface area contributed by atoms with Gasteiger partial charge < -0.3 is 20.1 Å². The number of aromatic nitrogens is 3. The van der Waals surface area contributed by atoms with E-state index in [1.54, 1.807) is 36.9 Å². The van der Waals surface area contributed by atoms with Crippen molar-refractivity contribution < 1.29 is 14.6 Å². The fourth-order valence-corrected chi connectivity index (χ4v) is 4.45. The zero-order valence-electron chi connectivity index (χ0n) is 16.8. The van der Waals surface area contributed by atoms with Crippen molar-refractivity contribution in [2.24, 2.45) is 0 Å². The van der Waals surface area contributed by atoms with Gasteiger partial charge in [-0.1, -0.05) is 0 Å². The van der Waals surface area contributed by atoms with Crippen molar-refractivity contribution >= 4 is 11.7 Å². The number of rotatable bonds is 3. The standard InChI is InChI=1S/C21H27N5O3/c1-15-17(24-11-10-23-15)26-12-5-21(6-13-26)19(28)20(2,7-14-29-21)25-18(27)16-3-8-22-9-4-16/h3-4,8-11,19,28H,5-7,12-14H2,1-2H3,(H,25,27)/t19-,20+/m1/s1. The summed E-state index contributed by atoms with van der Waals surface area (Å²) in [4.78, 5) is 27.6. The Kier molecular flexibility index (Phi) is 5.23. The summed E-state index contributed by atoms with van der Waals surface area (Å²) in [5.41, 5.74) is -0.0149. The van der Waals surface area contributed by atoms with Crippen LogP contribution in [0.3, 0.4) is 0 Å². The highest BCUT2D eigenvalue weighted by Gasteiger charge is 2.54. The van der Waals surface area contributed by atoms with Gasteiger partial charge in [0.25, 0.3) is 5.91 Å². The van der Waals surface area contributed by atoms with Crippen LogP contribution in [0, 0.1) is 6.92 Å². The lowest BCUT2D eigenvalue weighted by Crippen LogP contribution is -2.69. The third kappa shape index (κ3) is 3.70. The largest absolute Gasteiger partial charge is 0.388 e. The number of nitrogens with zero attached hydrogens (tertiary/aromatic N) is 4. The first-order valence-corrected chi connectivity index (χ1v) is 10.0. The second kappa shape index (κ2) is 7.68. The van der Waals surface area contributed by atoms with Crippen molar-refractivity contribution in [3.8, 4) is 0 Å². The van der Waals surface area contributed by atoms with Crippen LogP contribution < -0.4 is 10.2 Å². The number of hydrogen-bond donors (Lipinski definition) is 2. The average Bonchev–Trinajstić information content (AvgIpc) is 2.74. The molecule has 4 rings (SSSR count). The van der Waals surface area contributed by atoms with Gasteiger partial charge in [-0.25, -0.2) is 4.98 Å². The van der Waals surface area contributed by atoms with Gasteiger partial charge in [0, 0.05) is 50.0 Å². The van der Waals surface area contributed by atoms with Crippen LogP contribution in [0.25, 0.3) is 0 Å². The highest BCUT2D eigenvalue weighted by Crippen LogP contribution is 2.40. The van der Waals surface area contributed by atoms with Crippen LogP contribution in [-0.2, 0) is 4.74 Å². The van der Waals surface area contributed by atoms with E-state index in [1.807, 2.05) is 13.8 Å². The van der Waals surface area contributed by atoms with Gasteiger partial charge in [0.1, 0.15) is 11.9 Å². The molecule has 2 atom stereocenters. The van der Waals surface area contributed by atoms with Gasteiger partial charge in [0.05, 0.1) is 16.8 Å². The van der Waals surface area contributed by atoms with E-state index in [0.717, 1.165) is 11.5 Å². The number of aryl methyl sites for hydroxylation is 1. The Hall–Kier alpha value is -2.58. The number of aliphatic hydroxyl groups is 1. The maximum Gasteiger partial charge on any atom is 0.251 e. The predicted molar refractivity (Wildman–Crippen MR) is 108 cm³/mol. The molecule has 2 N–H and O–H groups in total. The Bertz CT molecular complexity index is 870. The molecule has 8 heteroatoms. The number of aliphatic hydroxyl groups excluding tert-OH is 1. The summed E-state index contributed by atoms with van der Waals surface area (Å²) < 4.78 is 6.14. The van der Waals surface area contributed by atoms with Crippen LogP contribution in [0.5, 0.6) is 0 Å². The van der Waals surface area contributed by atoms with Crippen LogP contribution in [0.15, 0.2) is 36.9 Å². The number of carbonyl (C=O) groups excluding carboxylic acids is 1. The SMILES string of the molecule is Cc1nccnc1N1CCC2(CC1)OCC[C@](C)(NC(=O)c1ccncc1)[C@H]2O. The maximum atomic E-state index is 12.7. The van der Waals surface area contributed by atoms with E-state index >= 15 is 0 Å². The molecule has 2 aromatic heterocycles. The fraction of sp³-hybridized carbons (Fsp3) is 0.524. The van der Waals surface area contributed by atoms with Crippen molar-refractivity contribution in [3.63, 3.8) is 0 Å². The molecule has 1 spiro atoms. The summed E-state index contributed by atoms with van der Waals surface area (Å²) in [5, 5.41) is 14.4. The lowest BCUT2D eigenvalue weighted by molar-refractivity contribution is -0.195. The first-order chi connectivity index (χ1) is 13.9. The van der Waals surface area contributed by atoms with Gasteiger partial charge in [0.15, 0.2) is 0 Å². The number of carbonyl (C=O) groups is 1. The van der Waals surface area contributed by atoms with E-state index in [4.69, 9.17) is 4.74 Å². The molecular formula is C21H27N5O3. The van der Waals surface area contributed by atoms with Crippen molar-refractivity contribution in [3.05, 3.63) is 48.2 Å². The number of nitrogens with one attached hydrogen (secondary N) is 1. The highest BCUT2D eigenvalue weighted by atomic mass is 16.5. The van der Waals surface area contributed by atoms with E-state index in [1.165, 1.54) is 0 Å². The van der Waals surface area contributed by atoms with Crippen LogP contribution >= 0.6 is 0 Å². The van der Waals surface area contributed by atoms with E-state index in [9.17, 15) is 9.90 Å². The topological polar surface area (TPSA) is 100 Å². The highest BCUT2D eigenvalue weighted by molar-refractivity contribution is 5.94. The normalized spacial score (nSPS) is 26.3. The number of ether oxygens (including phenoxy) is 1. The van der Waals surface area contributed by atoms with E-state index in [2.05, 4.69) is 25.2 Å². The van der Waals surface area contributed by atoms with Gasteiger partial charge in [-0.05, 0) is 45.2 Å². The molecule has 2 aromatic rings. The Morgan fingerprint density at radius 3 is 2.55 bits per heavy atom. The Balaban J connectivity index is 1.48. The Morgan fingerprint density at radius 1 is 1.17 bits per heavy atom. The molecule has 2 aliphatic heterocycles. The molecule has 0 aromatic carbocycles. The van der Waals surface area contributed by atoms with Gasteiger partial charge >= 0.3 is 0 Å². The predicted octanol–water partition coefficient (Wildman–Crippen LogP) is 1.49. The number of amides is 1. The molecule has 8 nitrogen and oxygen atoms in total. The summed E-state index contributed by atoms with van der Waals surface area (Å²) in [7, 11) is 0. The summed E-state index contributed by atoms with van der Waals surface area (Å²) in [5.74, 6) is 0.667. The third-order valence-electron chi connectivity index (χ3n) is 6.22. The molecule has 1 amide bonds. The summed E-state index contributed by atoms with van der Waals surface area (Å²) >= 11 is 0. The van der Waals surface area contributed by atoms with E-state index in [-0.39, 0.29) is 5.91 Å². The number of anilines is 1. The quantitative estimate of drug-likeness (QED) is 0.809. The molecule has 4 heterocycles. The second-order valence-corrected chi connectivity index (χ2v) is 8.13. The first-order valence-electron chi connectivity index (χ1n) is 10.0. The second-order valence-electron chi connectivity index (χ2n) is 8.13. The lowest BCUT2D eigenvalue weighted by Gasteiger charge is -2.53. The first kappa shape index (κ1) is 19.7. The third-order valence-corrected chi connectivity index (χ3v) is 6.22. The van der Waals surface area contributed by atoms with Crippen molar-refractivity contribution in [1.82, 2.24) is 20.3 Å². The number of piperidine rings is 1.